The quantitative estimate of drug-likeness (QED) is 0.417. The molecule has 2 aromatic carbocycles. The van der Waals surface area contributed by atoms with E-state index in [-0.39, 0.29) is 11.1 Å². The molecule has 19 heavy (non-hydrogen) atoms. The lowest BCUT2D eigenvalue weighted by Crippen LogP contribution is -2.02. The molecule has 0 spiro atoms. The van der Waals surface area contributed by atoms with Gasteiger partial charge < -0.3 is 0 Å². The number of hydrogen-bond acceptors (Lipinski definition) is 0. The molecule has 0 saturated heterocycles. The van der Waals surface area contributed by atoms with Gasteiger partial charge in [-0.2, -0.15) is 0 Å². The Hall–Kier alpha value is -1.43. The van der Waals surface area contributed by atoms with E-state index in [0.717, 1.165) is 12.1 Å². The zero-order valence-electron chi connectivity index (χ0n) is 9.23. The van der Waals surface area contributed by atoms with Crippen LogP contribution in [0.15, 0.2) is 30.3 Å². The van der Waals surface area contributed by atoms with E-state index in [4.69, 9.17) is 0 Å². The van der Waals surface area contributed by atoms with E-state index >= 15 is 0 Å². The van der Waals surface area contributed by atoms with E-state index in [2.05, 4.69) is 15.9 Å². The molecule has 0 aromatic heterocycles. The molecule has 0 amide bonds. The number of benzene rings is 2. The molecule has 0 aliphatic carbocycles. The third kappa shape index (κ3) is 2.78. The SMILES string of the molecule is Fc1ccc(C(Br)c2cc(F)c(F)cc2F)c(F)c1. The second kappa shape index (κ2) is 5.28. The van der Waals surface area contributed by atoms with Crippen LogP contribution in [0.25, 0.3) is 0 Å². The van der Waals surface area contributed by atoms with Gasteiger partial charge in [-0.25, -0.2) is 22.0 Å². The molecule has 0 saturated carbocycles. The fourth-order valence-electron chi connectivity index (χ4n) is 1.61. The highest BCUT2D eigenvalue weighted by atomic mass is 79.9. The lowest BCUT2D eigenvalue weighted by atomic mass is 10.0. The Morgan fingerprint density at radius 2 is 1.26 bits per heavy atom. The maximum atomic E-state index is 13.5. The van der Waals surface area contributed by atoms with Crippen LogP contribution in [0.1, 0.15) is 16.0 Å². The van der Waals surface area contributed by atoms with Gasteiger partial charge in [0.15, 0.2) is 11.6 Å². The first kappa shape index (κ1) is 14.0. The van der Waals surface area contributed by atoms with Crippen LogP contribution >= 0.6 is 15.9 Å². The summed E-state index contributed by atoms with van der Waals surface area (Å²) in [5, 5.41) is 0. The molecule has 0 aliphatic rings. The summed E-state index contributed by atoms with van der Waals surface area (Å²) in [4.78, 5) is -1.05. The number of halogens is 6. The van der Waals surface area contributed by atoms with Gasteiger partial charge in [-0.05, 0) is 12.1 Å². The maximum absolute atomic E-state index is 13.5. The van der Waals surface area contributed by atoms with Crippen molar-refractivity contribution >= 4 is 15.9 Å². The summed E-state index contributed by atoms with van der Waals surface area (Å²) in [5.41, 5.74) is -0.351. The molecule has 2 rings (SSSR count). The van der Waals surface area contributed by atoms with Crippen LogP contribution in [-0.2, 0) is 0 Å². The van der Waals surface area contributed by atoms with Gasteiger partial charge >= 0.3 is 0 Å². The van der Waals surface area contributed by atoms with Crippen LogP contribution in [0.4, 0.5) is 22.0 Å². The first-order valence-corrected chi connectivity index (χ1v) is 6.05. The summed E-state index contributed by atoms with van der Waals surface area (Å²) in [6, 6.07) is 3.73. The zero-order chi connectivity index (χ0) is 14.2. The zero-order valence-corrected chi connectivity index (χ0v) is 10.8. The summed E-state index contributed by atoms with van der Waals surface area (Å²) in [7, 11) is 0. The van der Waals surface area contributed by atoms with Crippen LogP contribution in [0.3, 0.4) is 0 Å². The summed E-state index contributed by atoms with van der Waals surface area (Å²) in [6.45, 7) is 0. The maximum Gasteiger partial charge on any atom is 0.161 e. The molecular weight excluding hydrogens is 331 g/mol. The molecule has 0 fully saturated rings. The molecule has 1 atom stereocenters. The number of rotatable bonds is 2. The van der Waals surface area contributed by atoms with Gasteiger partial charge in [-0.15, -0.1) is 0 Å². The fraction of sp³-hybridized carbons (Fsp3) is 0.0769. The van der Waals surface area contributed by atoms with Crippen LogP contribution < -0.4 is 0 Å². The molecule has 0 radical (unpaired) electrons. The standard InChI is InChI=1S/C13H6BrF5/c14-13(7-2-1-6(15)3-9(7)16)8-4-11(18)12(19)5-10(8)17/h1-5,13H. The molecule has 1 unspecified atom stereocenters. The fourth-order valence-corrected chi connectivity index (χ4v) is 2.33. The molecule has 0 N–H and O–H groups in total. The summed E-state index contributed by atoms with van der Waals surface area (Å²) in [6.07, 6.45) is 0. The van der Waals surface area contributed by atoms with E-state index in [9.17, 15) is 22.0 Å². The Morgan fingerprint density at radius 1 is 0.684 bits per heavy atom. The Labute approximate surface area is 114 Å². The van der Waals surface area contributed by atoms with Crippen molar-refractivity contribution in [1.29, 1.82) is 0 Å². The highest BCUT2D eigenvalue weighted by Gasteiger charge is 2.21. The first-order valence-electron chi connectivity index (χ1n) is 5.13. The van der Waals surface area contributed by atoms with Gasteiger partial charge in [0, 0.05) is 23.3 Å². The number of alkyl halides is 1. The second-order valence-electron chi connectivity index (χ2n) is 3.82. The van der Waals surface area contributed by atoms with E-state index in [1.807, 2.05) is 0 Å². The smallest absolute Gasteiger partial charge is 0.161 e. The van der Waals surface area contributed by atoms with Crippen molar-refractivity contribution in [3.8, 4) is 0 Å². The van der Waals surface area contributed by atoms with Gasteiger partial charge in [0.2, 0.25) is 0 Å². The van der Waals surface area contributed by atoms with E-state index in [1.165, 1.54) is 0 Å². The van der Waals surface area contributed by atoms with Crippen molar-refractivity contribution < 1.29 is 22.0 Å². The van der Waals surface area contributed by atoms with Crippen molar-refractivity contribution in [2.24, 2.45) is 0 Å². The minimum atomic E-state index is -1.33. The highest BCUT2D eigenvalue weighted by molar-refractivity contribution is 9.09. The lowest BCUT2D eigenvalue weighted by molar-refractivity contribution is 0.490. The third-order valence-corrected chi connectivity index (χ3v) is 3.53. The Kier molecular flexibility index (Phi) is 3.89. The van der Waals surface area contributed by atoms with E-state index in [0.29, 0.717) is 18.2 Å². The molecule has 0 nitrogen and oxygen atoms in total. The third-order valence-electron chi connectivity index (χ3n) is 2.55. The summed E-state index contributed by atoms with van der Waals surface area (Å²) < 4.78 is 65.7. The molecular formula is C13H6BrF5. The average Bonchev–Trinajstić information content (AvgIpc) is 2.33. The van der Waals surface area contributed by atoms with Gasteiger partial charge in [0.25, 0.3) is 0 Å². The second-order valence-corrected chi connectivity index (χ2v) is 4.73. The van der Waals surface area contributed by atoms with Gasteiger partial charge in [-0.1, -0.05) is 22.0 Å². The van der Waals surface area contributed by atoms with Crippen LogP contribution in [-0.4, -0.2) is 0 Å². The van der Waals surface area contributed by atoms with E-state index in [1.54, 1.807) is 0 Å². The molecule has 6 heteroatoms. The van der Waals surface area contributed by atoms with Crippen molar-refractivity contribution in [2.45, 2.75) is 4.83 Å². The van der Waals surface area contributed by atoms with Gasteiger partial charge in [0.05, 0.1) is 4.83 Å². The molecule has 100 valence electrons. The predicted molar refractivity (Wildman–Crippen MR) is 63.4 cm³/mol. The normalized spacial score (nSPS) is 12.5. The largest absolute Gasteiger partial charge is 0.207 e. The highest BCUT2D eigenvalue weighted by Crippen LogP contribution is 2.34. The summed E-state index contributed by atoms with van der Waals surface area (Å²) >= 11 is 2.99. The minimum Gasteiger partial charge on any atom is -0.207 e. The minimum absolute atomic E-state index is 0.0775. The van der Waals surface area contributed by atoms with Gasteiger partial charge in [-0.3, -0.25) is 0 Å². The van der Waals surface area contributed by atoms with Crippen molar-refractivity contribution in [3.05, 3.63) is 70.5 Å². The Bertz CT molecular complexity index is 627. The first-order chi connectivity index (χ1) is 8.90. The number of hydrogen-bond donors (Lipinski definition) is 0. The molecule has 0 bridgehead atoms. The van der Waals surface area contributed by atoms with Crippen LogP contribution in [0, 0.1) is 29.1 Å². The Balaban J connectivity index is 2.49. The van der Waals surface area contributed by atoms with Crippen LogP contribution in [0.5, 0.6) is 0 Å². The van der Waals surface area contributed by atoms with E-state index < -0.39 is 33.9 Å². The van der Waals surface area contributed by atoms with Crippen molar-refractivity contribution in [2.75, 3.05) is 0 Å². The predicted octanol–water partition coefficient (Wildman–Crippen LogP) is 4.87. The van der Waals surface area contributed by atoms with Gasteiger partial charge in [0.1, 0.15) is 17.5 Å². The lowest BCUT2D eigenvalue weighted by Gasteiger charge is -2.13. The monoisotopic (exact) mass is 336 g/mol. The molecule has 0 aliphatic heterocycles. The molecule has 2 aromatic rings. The van der Waals surface area contributed by atoms with Crippen molar-refractivity contribution in [3.63, 3.8) is 0 Å². The summed E-state index contributed by atoms with van der Waals surface area (Å²) in [5.74, 6) is -5.30. The Morgan fingerprint density at radius 3 is 1.89 bits per heavy atom. The van der Waals surface area contributed by atoms with Crippen molar-refractivity contribution in [1.82, 2.24) is 0 Å². The molecule has 0 heterocycles. The average molecular weight is 337 g/mol. The van der Waals surface area contributed by atoms with Crippen LogP contribution in [0.2, 0.25) is 0 Å². The topological polar surface area (TPSA) is 0 Å².